The number of nitrogens with one attached hydrogen (secondary N) is 2. The molecule has 21 heavy (non-hydrogen) atoms. The zero-order chi connectivity index (χ0) is 14.8. The highest BCUT2D eigenvalue weighted by Crippen LogP contribution is 2.19. The summed E-state index contributed by atoms with van der Waals surface area (Å²) in [6, 6.07) is 9.32. The summed E-state index contributed by atoms with van der Waals surface area (Å²) in [6.45, 7) is 0. The lowest BCUT2D eigenvalue weighted by atomic mass is 10.2. The van der Waals surface area contributed by atoms with Crippen molar-refractivity contribution in [1.82, 2.24) is 15.4 Å². The fourth-order valence-electron chi connectivity index (χ4n) is 2.17. The highest BCUT2D eigenvalue weighted by Gasteiger charge is 2.14. The van der Waals surface area contributed by atoms with E-state index in [0.29, 0.717) is 11.1 Å². The second-order valence-corrected chi connectivity index (χ2v) is 5.37. The first-order valence-corrected chi connectivity index (χ1v) is 7.28. The summed E-state index contributed by atoms with van der Waals surface area (Å²) < 4.78 is 1.88. The first kappa shape index (κ1) is 13.4. The van der Waals surface area contributed by atoms with Crippen LogP contribution in [0.5, 0.6) is 0 Å². The average molecular weight is 299 g/mol. The van der Waals surface area contributed by atoms with Crippen LogP contribution < -0.4 is 10.9 Å². The molecule has 0 aliphatic heterocycles. The summed E-state index contributed by atoms with van der Waals surface area (Å²) in [5, 5.41) is 4.38. The summed E-state index contributed by atoms with van der Waals surface area (Å²) in [5.74, 6) is -0.666. The van der Waals surface area contributed by atoms with Crippen molar-refractivity contribution in [1.29, 1.82) is 0 Å². The number of para-hydroxylation sites is 1. The van der Waals surface area contributed by atoms with Crippen molar-refractivity contribution < 1.29 is 9.59 Å². The van der Waals surface area contributed by atoms with E-state index in [1.54, 1.807) is 23.0 Å². The number of benzene rings is 1. The van der Waals surface area contributed by atoms with E-state index >= 15 is 0 Å². The molecule has 0 aliphatic carbocycles. The van der Waals surface area contributed by atoms with Crippen LogP contribution in [0.4, 0.5) is 0 Å². The zero-order valence-corrected chi connectivity index (χ0v) is 12.1. The zero-order valence-electron chi connectivity index (χ0n) is 11.3. The van der Waals surface area contributed by atoms with Gasteiger partial charge in [0, 0.05) is 29.5 Å². The SMILES string of the molecule is Cn1cc(C(=O)NNC(=O)c2ccsc2)c2ccccc21. The van der Waals surface area contributed by atoms with Crippen molar-refractivity contribution in [3.05, 3.63) is 58.4 Å². The number of aryl methyl sites for hydroxylation is 1. The van der Waals surface area contributed by atoms with Crippen LogP contribution in [-0.4, -0.2) is 16.4 Å². The molecular weight excluding hydrogens is 286 g/mol. The van der Waals surface area contributed by atoms with Gasteiger partial charge in [-0.25, -0.2) is 0 Å². The van der Waals surface area contributed by atoms with Crippen molar-refractivity contribution in [2.75, 3.05) is 0 Å². The van der Waals surface area contributed by atoms with Gasteiger partial charge >= 0.3 is 0 Å². The van der Waals surface area contributed by atoms with Crippen LogP contribution >= 0.6 is 11.3 Å². The maximum absolute atomic E-state index is 12.2. The first-order chi connectivity index (χ1) is 10.2. The Kier molecular flexibility index (Phi) is 3.45. The molecule has 0 bridgehead atoms. The Morgan fingerprint density at radius 3 is 2.62 bits per heavy atom. The summed E-state index contributed by atoms with van der Waals surface area (Å²) in [7, 11) is 1.88. The molecule has 0 aliphatic rings. The van der Waals surface area contributed by atoms with Crippen molar-refractivity contribution in [3.8, 4) is 0 Å². The standard InChI is InChI=1S/C15H13N3O2S/c1-18-8-12(11-4-2-3-5-13(11)18)15(20)17-16-14(19)10-6-7-21-9-10/h2-9H,1H3,(H,16,19)(H,17,20). The van der Waals surface area contributed by atoms with E-state index in [1.807, 2.05) is 35.9 Å². The van der Waals surface area contributed by atoms with Gasteiger partial charge in [0.05, 0.1) is 11.1 Å². The van der Waals surface area contributed by atoms with Crippen LogP contribution in [0.15, 0.2) is 47.3 Å². The van der Waals surface area contributed by atoms with Gasteiger partial charge in [-0.15, -0.1) is 0 Å². The first-order valence-electron chi connectivity index (χ1n) is 6.34. The van der Waals surface area contributed by atoms with E-state index in [9.17, 15) is 9.59 Å². The maximum atomic E-state index is 12.2. The minimum absolute atomic E-state index is 0.329. The van der Waals surface area contributed by atoms with E-state index in [1.165, 1.54) is 11.3 Å². The van der Waals surface area contributed by atoms with Crippen molar-refractivity contribution >= 4 is 34.1 Å². The number of aromatic nitrogens is 1. The van der Waals surface area contributed by atoms with Crippen molar-refractivity contribution in [2.24, 2.45) is 7.05 Å². The third-order valence-electron chi connectivity index (χ3n) is 3.21. The Labute approximate surface area is 125 Å². The molecule has 2 aromatic heterocycles. The third-order valence-corrected chi connectivity index (χ3v) is 3.90. The van der Waals surface area contributed by atoms with E-state index in [0.717, 1.165) is 10.9 Å². The molecule has 0 spiro atoms. The molecule has 1 aromatic carbocycles. The second-order valence-electron chi connectivity index (χ2n) is 4.59. The van der Waals surface area contributed by atoms with Crippen LogP contribution in [0.1, 0.15) is 20.7 Å². The van der Waals surface area contributed by atoms with E-state index < -0.39 is 0 Å². The minimum atomic E-state index is -0.338. The van der Waals surface area contributed by atoms with Gasteiger partial charge in [0.2, 0.25) is 0 Å². The molecule has 6 heteroatoms. The molecule has 3 aromatic rings. The smallest absolute Gasteiger partial charge is 0.271 e. The van der Waals surface area contributed by atoms with Gasteiger partial charge in [-0.1, -0.05) is 18.2 Å². The summed E-state index contributed by atoms with van der Waals surface area (Å²) in [6.07, 6.45) is 1.75. The molecule has 0 atom stereocenters. The predicted molar refractivity (Wildman–Crippen MR) is 82.2 cm³/mol. The fourth-order valence-corrected chi connectivity index (χ4v) is 2.81. The van der Waals surface area contributed by atoms with E-state index in [2.05, 4.69) is 10.9 Å². The van der Waals surface area contributed by atoms with Gasteiger partial charge in [-0.3, -0.25) is 20.4 Å². The Morgan fingerprint density at radius 1 is 1.10 bits per heavy atom. The largest absolute Gasteiger partial charge is 0.350 e. The summed E-state index contributed by atoms with van der Waals surface area (Å²) in [5.41, 5.74) is 6.88. The molecule has 2 N–H and O–H groups in total. The number of carbonyl (C=O) groups excluding carboxylic acids is 2. The lowest BCUT2D eigenvalue weighted by Crippen LogP contribution is -2.41. The Hall–Kier alpha value is -2.60. The Bertz CT molecular complexity index is 806. The second kappa shape index (κ2) is 5.41. The number of thiophene rings is 1. The molecular formula is C15H13N3O2S. The number of hydrazine groups is 1. The van der Waals surface area contributed by atoms with E-state index in [-0.39, 0.29) is 11.8 Å². The summed E-state index contributed by atoms with van der Waals surface area (Å²) in [4.78, 5) is 24.0. The monoisotopic (exact) mass is 299 g/mol. The third kappa shape index (κ3) is 2.53. The highest BCUT2D eigenvalue weighted by molar-refractivity contribution is 7.08. The van der Waals surface area contributed by atoms with Crippen molar-refractivity contribution in [2.45, 2.75) is 0 Å². The van der Waals surface area contributed by atoms with Gasteiger partial charge in [0.25, 0.3) is 11.8 Å². The molecule has 2 amide bonds. The van der Waals surface area contributed by atoms with Gasteiger partial charge in [-0.05, 0) is 17.5 Å². The highest BCUT2D eigenvalue weighted by atomic mass is 32.1. The normalized spacial score (nSPS) is 10.5. The molecule has 2 heterocycles. The lowest BCUT2D eigenvalue weighted by molar-refractivity contribution is 0.0848. The van der Waals surface area contributed by atoms with Crippen molar-refractivity contribution in [3.63, 3.8) is 0 Å². The number of hydrogen-bond donors (Lipinski definition) is 2. The van der Waals surface area contributed by atoms with Crippen LogP contribution in [-0.2, 0) is 7.05 Å². The van der Waals surface area contributed by atoms with Crippen LogP contribution in [0.3, 0.4) is 0 Å². The number of fused-ring (bicyclic) bond motifs is 1. The van der Waals surface area contributed by atoms with Crippen LogP contribution in [0.2, 0.25) is 0 Å². The predicted octanol–water partition coefficient (Wildman–Crippen LogP) is 2.31. The van der Waals surface area contributed by atoms with Gasteiger partial charge < -0.3 is 4.57 Å². The molecule has 0 saturated heterocycles. The van der Waals surface area contributed by atoms with Crippen LogP contribution in [0.25, 0.3) is 10.9 Å². The van der Waals surface area contributed by atoms with Gasteiger partial charge in [0.1, 0.15) is 0 Å². The quantitative estimate of drug-likeness (QED) is 0.713. The van der Waals surface area contributed by atoms with Gasteiger partial charge in [-0.2, -0.15) is 11.3 Å². The Balaban J connectivity index is 1.77. The van der Waals surface area contributed by atoms with Gasteiger partial charge in [0.15, 0.2) is 0 Å². The molecule has 0 radical (unpaired) electrons. The fraction of sp³-hybridized carbons (Fsp3) is 0.0667. The molecule has 5 nitrogen and oxygen atoms in total. The molecule has 0 saturated carbocycles. The number of hydrogen-bond acceptors (Lipinski definition) is 3. The van der Waals surface area contributed by atoms with E-state index in [4.69, 9.17) is 0 Å². The minimum Gasteiger partial charge on any atom is -0.350 e. The topological polar surface area (TPSA) is 63.1 Å². The average Bonchev–Trinajstić information content (AvgIpc) is 3.13. The van der Waals surface area contributed by atoms with Crippen LogP contribution in [0, 0.1) is 0 Å². The Morgan fingerprint density at radius 2 is 1.86 bits per heavy atom. The molecule has 106 valence electrons. The summed E-state index contributed by atoms with van der Waals surface area (Å²) >= 11 is 1.43. The number of rotatable bonds is 2. The number of nitrogens with zero attached hydrogens (tertiary/aromatic N) is 1. The molecule has 3 rings (SSSR count). The molecule has 0 fully saturated rings. The maximum Gasteiger partial charge on any atom is 0.271 e. The molecule has 0 unspecified atom stereocenters. The number of amides is 2. The number of carbonyl (C=O) groups is 2. The lowest BCUT2D eigenvalue weighted by Gasteiger charge is -2.05.